The van der Waals surface area contributed by atoms with Crippen molar-refractivity contribution in [3.05, 3.63) is 29.8 Å². The van der Waals surface area contributed by atoms with Crippen LogP contribution in [0.15, 0.2) is 24.3 Å². The first-order valence-corrected chi connectivity index (χ1v) is 8.44. The Kier molecular flexibility index (Phi) is 3.36. The topological polar surface area (TPSA) is 3.24 Å². The summed E-state index contributed by atoms with van der Waals surface area (Å²) in [5, 5.41) is 0. The first-order valence-electron chi connectivity index (χ1n) is 8.44. The van der Waals surface area contributed by atoms with E-state index in [1.165, 1.54) is 35.2 Å². The van der Waals surface area contributed by atoms with Gasteiger partial charge in [-0.25, -0.2) is 0 Å². The van der Waals surface area contributed by atoms with Crippen molar-refractivity contribution in [1.29, 1.82) is 0 Å². The maximum Gasteiger partial charge on any atom is 0.109 e. The molecule has 2 fully saturated rings. The molecule has 2 nitrogen and oxygen atoms in total. The van der Waals surface area contributed by atoms with E-state index in [2.05, 4.69) is 70.8 Å². The van der Waals surface area contributed by atoms with Gasteiger partial charge in [0.2, 0.25) is 0 Å². The number of fused-ring (bicyclic) bond motifs is 2. The monoisotopic (exact) mass is 287 g/mol. The van der Waals surface area contributed by atoms with E-state index in [9.17, 15) is 0 Å². The van der Waals surface area contributed by atoms with Gasteiger partial charge in [0, 0.05) is 12.1 Å². The van der Waals surface area contributed by atoms with Crippen LogP contribution in [0.25, 0.3) is 0 Å². The number of benzene rings is 1. The lowest BCUT2D eigenvalue weighted by molar-refractivity contribution is -0.942. The Balaban J connectivity index is 1.77. The lowest BCUT2D eigenvalue weighted by Crippen LogP contribution is -2.60. The Bertz CT molecular complexity index is 511. The zero-order valence-electron chi connectivity index (χ0n) is 14.6. The quantitative estimate of drug-likeness (QED) is 0.748. The van der Waals surface area contributed by atoms with E-state index in [1.807, 2.05) is 0 Å². The molecule has 0 N–H and O–H groups in total. The fourth-order valence-electron chi connectivity index (χ4n) is 4.20. The molecule has 0 saturated carbocycles. The van der Waals surface area contributed by atoms with Gasteiger partial charge in [0.05, 0.1) is 32.2 Å². The summed E-state index contributed by atoms with van der Waals surface area (Å²) in [6, 6.07) is 11.6. The van der Waals surface area contributed by atoms with E-state index in [-0.39, 0.29) is 5.41 Å². The van der Waals surface area contributed by atoms with Crippen LogP contribution in [0.3, 0.4) is 0 Å². The van der Waals surface area contributed by atoms with Crippen molar-refractivity contribution in [2.24, 2.45) is 0 Å². The van der Waals surface area contributed by atoms with Crippen LogP contribution in [-0.2, 0) is 5.41 Å². The van der Waals surface area contributed by atoms with Crippen molar-refractivity contribution in [3.8, 4) is 0 Å². The highest BCUT2D eigenvalue weighted by molar-refractivity contribution is 5.51. The van der Waals surface area contributed by atoms with Crippen molar-refractivity contribution in [2.75, 3.05) is 25.0 Å². The smallest absolute Gasteiger partial charge is 0.109 e. The van der Waals surface area contributed by atoms with Crippen molar-refractivity contribution in [2.45, 2.75) is 64.6 Å². The molecule has 1 aromatic rings. The predicted octanol–water partition coefficient (Wildman–Crippen LogP) is 3.80. The SMILES string of the molecule is CC(C)[N+]1(C)C[C@@H]2C[C@H]1CN2c1ccc(C(C)(C)C)cc1. The molecule has 0 aromatic heterocycles. The normalized spacial score (nSPS) is 32.2. The van der Waals surface area contributed by atoms with Crippen LogP contribution in [0, 0.1) is 0 Å². The lowest BCUT2D eigenvalue weighted by Gasteiger charge is -2.45. The first kappa shape index (κ1) is 14.9. The Hall–Kier alpha value is -1.02. The minimum atomic E-state index is 0.246. The molecule has 0 aliphatic carbocycles. The summed E-state index contributed by atoms with van der Waals surface area (Å²) in [7, 11) is 2.45. The van der Waals surface area contributed by atoms with Gasteiger partial charge in [0.1, 0.15) is 6.04 Å². The molecule has 2 heterocycles. The van der Waals surface area contributed by atoms with Gasteiger partial charge in [0.15, 0.2) is 0 Å². The fourth-order valence-corrected chi connectivity index (χ4v) is 4.20. The number of quaternary nitrogens is 1. The molecule has 2 bridgehead atoms. The Morgan fingerprint density at radius 2 is 1.76 bits per heavy atom. The third kappa shape index (κ3) is 2.38. The third-order valence-electron chi connectivity index (χ3n) is 6.08. The molecule has 2 heteroatoms. The Morgan fingerprint density at radius 3 is 2.19 bits per heavy atom. The maximum atomic E-state index is 2.65. The molecule has 0 radical (unpaired) electrons. The minimum Gasteiger partial charge on any atom is -0.357 e. The average Bonchev–Trinajstić information content (AvgIpc) is 2.95. The van der Waals surface area contributed by atoms with Gasteiger partial charge in [-0.1, -0.05) is 32.9 Å². The van der Waals surface area contributed by atoms with Gasteiger partial charge in [0.25, 0.3) is 0 Å². The zero-order chi connectivity index (χ0) is 15.4. The average molecular weight is 287 g/mol. The first-order chi connectivity index (χ1) is 9.72. The highest BCUT2D eigenvalue weighted by Crippen LogP contribution is 2.40. The molecule has 3 atom stereocenters. The summed E-state index contributed by atoms with van der Waals surface area (Å²) in [6.45, 7) is 14.1. The zero-order valence-corrected chi connectivity index (χ0v) is 14.6. The molecular weight excluding hydrogens is 256 g/mol. The number of likely N-dealkylation sites (N-methyl/N-ethyl adjacent to an activating group) is 1. The summed E-state index contributed by atoms with van der Waals surface area (Å²) in [6.07, 6.45) is 1.37. The van der Waals surface area contributed by atoms with E-state index in [0.29, 0.717) is 0 Å². The molecule has 1 unspecified atom stereocenters. The van der Waals surface area contributed by atoms with Crippen molar-refractivity contribution >= 4 is 5.69 Å². The van der Waals surface area contributed by atoms with E-state index in [1.54, 1.807) is 0 Å². The summed E-state index contributed by atoms with van der Waals surface area (Å²) >= 11 is 0. The summed E-state index contributed by atoms with van der Waals surface area (Å²) in [5.74, 6) is 0. The predicted molar refractivity (Wildman–Crippen MR) is 90.9 cm³/mol. The number of rotatable bonds is 2. The summed E-state index contributed by atoms with van der Waals surface area (Å²) in [5.41, 5.74) is 3.10. The van der Waals surface area contributed by atoms with Crippen molar-refractivity contribution in [3.63, 3.8) is 0 Å². The summed E-state index contributed by atoms with van der Waals surface area (Å²) < 4.78 is 1.27. The van der Waals surface area contributed by atoms with Gasteiger partial charge < -0.3 is 9.38 Å². The standard InChI is InChI=1S/C19H31N2/c1-14(2)21(6)13-17-11-18(21)12-20(17)16-9-7-15(8-10-16)19(3,4)5/h7-10,14,17-18H,11-13H2,1-6H3/q+1/t17-,18-,21?/m0/s1. The molecular formula is C19H31N2+. The van der Waals surface area contributed by atoms with Gasteiger partial charge in [-0.05, 0) is 37.0 Å². The second-order valence-electron chi connectivity index (χ2n) is 8.62. The molecule has 2 saturated heterocycles. The number of hydrogen-bond acceptors (Lipinski definition) is 1. The highest BCUT2D eigenvalue weighted by Gasteiger charge is 2.53. The van der Waals surface area contributed by atoms with Gasteiger partial charge in [-0.2, -0.15) is 0 Å². The molecule has 0 amide bonds. The molecule has 2 aliphatic rings. The van der Waals surface area contributed by atoms with Crippen LogP contribution in [0.2, 0.25) is 0 Å². The number of hydrogen-bond donors (Lipinski definition) is 0. The van der Waals surface area contributed by atoms with Crippen LogP contribution < -0.4 is 4.90 Å². The van der Waals surface area contributed by atoms with Crippen LogP contribution >= 0.6 is 0 Å². The van der Waals surface area contributed by atoms with Crippen molar-refractivity contribution in [1.82, 2.24) is 0 Å². The number of anilines is 1. The second-order valence-corrected chi connectivity index (χ2v) is 8.62. The largest absolute Gasteiger partial charge is 0.357 e. The Morgan fingerprint density at radius 1 is 1.14 bits per heavy atom. The molecule has 116 valence electrons. The van der Waals surface area contributed by atoms with Crippen LogP contribution in [-0.4, -0.2) is 42.7 Å². The van der Waals surface area contributed by atoms with Gasteiger partial charge >= 0.3 is 0 Å². The molecule has 0 spiro atoms. The number of piperazine rings is 1. The minimum absolute atomic E-state index is 0.246. The van der Waals surface area contributed by atoms with E-state index in [4.69, 9.17) is 0 Å². The van der Waals surface area contributed by atoms with E-state index < -0.39 is 0 Å². The Labute approximate surface area is 130 Å². The highest BCUT2D eigenvalue weighted by atomic mass is 15.5. The van der Waals surface area contributed by atoms with Crippen molar-refractivity contribution < 1.29 is 4.48 Å². The summed E-state index contributed by atoms with van der Waals surface area (Å²) in [4.78, 5) is 2.65. The van der Waals surface area contributed by atoms with Gasteiger partial charge in [-0.3, -0.25) is 0 Å². The van der Waals surface area contributed by atoms with E-state index >= 15 is 0 Å². The number of likely N-dealkylation sites (tertiary alicyclic amines) is 1. The lowest BCUT2D eigenvalue weighted by atomic mass is 9.87. The molecule has 3 rings (SSSR count). The van der Waals surface area contributed by atoms with Crippen LogP contribution in [0.1, 0.15) is 46.6 Å². The van der Waals surface area contributed by atoms with Crippen LogP contribution in [0.5, 0.6) is 0 Å². The maximum absolute atomic E-state index is 2.65. The fraction of sp³-hybridized carbons (Fsp3) is 0.684. The number of nitrogens with zero attached hydrogens (tertiary/aromatic N) is 2. The molecule has 21 heavy (non-hydrogen) atoms. The second kappa shape index (κ2) is 4.74. The molecule has 2 aliphatic heterocycles. The third-order valence-corrected chi connectivity index (χ3v) is 6.08. The van der Waals surface area contributed by atoms with Gasteiger partial charge in [-0.15, -0.1) is 0 Å². The molecule has 1 aromatic carbocycles. The van der Waals surface area contributed by atoms with E-state index in [0.717, 1.165) is 18.1 Å². The van der Waals surface area contributed by atoms with Crippen LogP contribution in [0.4, 0.5) is 5.69 Å².